The fraction of sp³-hybridized carbons (Fsp3) is 0.278. The number of aryl methyl sites for hydroxylation is 1. The molecule has 0 atom stereocenters. The summed E-state index contributed by atoms with van der Waals surface area (Å²) in [5.74, 6) is -1.15. The van der Waals surface area contributed by atoms with Crippen molar-refractivity contribution in [3.05, 3.63) is 46.2 Å². The van der Waals surface area contributed by atoms with Crippen LogP contribution in [-0.2, 0) is 9.53 Å². The zero-order valence-electron chi connectivity index (χ0n) is 14.6. The number of hydrogen-bond donors (Lipinski definition) is 1. The van der Waals surface area contributed by atoms with Crippen LogP contribution in [0.5, 0.6) is 5.75 Å². The van der Waals surface area contributed by atoms with Gasteiger partial charge in [0.1, 0.15) is 17.1 Å². The van der Waals surface area contributed by atoms with Gasteiger partial charge in [-0.1, -0.05) is 11.6 Å². The summed E-state index contributed by atoms with van der Waals surface area (Å²) in [6, 6.07) is 6.49. The maximum Gasteiger partial charge on any atom is 0.344 e. The number of esters is 1. The average Bonchev–Trinajstić information content (AvgIpc) is 2.90. The van der Waals surface area contributed by atoms with Gasteiger partial charge in [0.15, 0.2) is 12.4 Å². The van der Waals surface area contributed by atoms with Gasteiger partial charge < -0.3 is 13.9 Å². The van der Waals surface area contributed by atoms with E-state index in [2.05, 4.69) is 5.32 Å². The number of furan rings is 1. The van der Waals surface area contributed by atoms with Gasteiger partial charge in [-0.05, 0) is 45.0 Å². The number of ketones is 1. The SMILES string of the molecule is CCOC(=O)c1c(NC(=O)COc2ccc(Cl)cc2)oc(C)c1C(C)=O. The Morgan fingerprint density at radius 2 is 1.81 bits per heavy atom. The highest BCUT2D eigenvalue weighted by molar-refractivity contribution is 6.30. The van der Waals surface area contributed by atoms with Gasteiger partial charge in [0.25, 0.3) is 5.91 Å². The van der Waals surface area contributed by atoms with E-state index in [1.165, 1.54) is 13.8 Å². The van der Waals surface area contributed by atoms with Crippen molar-refractivity contribution in [2.75, 3.05) is 18.5 Å². The van der Waals surface area contributed by atoms with E-state index in [0.29, 0.717) is 10.8 Å². The van der Waals surface area contributed by atoms with Gasteiger partial charge in [0.2, 0.25) is 5.88 Å². The van der Waals surface area contributed by atoms with Crippen molar-refractivity contribution in [3.8, 4) is 5.75 Å². The quantitative estimate of drug-likeness (QED) is 0.583. The van der Waals surface area contributed by atoms with Crippen molar-refractivity contribution >= 4 is 35.1 Å². The third kappa shape index (κ3) is 4.64. The molecule has 1 aromatic heterocycles. The van der Waals surface area contributed by atoms with Gasteiger partial charge >= 0.3 is 5.97 Å². The number of halogens is 1. The van der Waals surface area contributed by atoms with Crippen molar-refractivity contribution in [1.82, 2.24) is 0 Å². The molecule has 2 rings (SSSR count). The van der Waals surface area contributed by atoms with Crippen LogP contribution in [0.25, 0.3) is 0 Å². The molecular formula is C18H18ClNO6. The number of benzene rings is 1. The molecule has 0 aliphatic rings. The molecule has 1 N–H and O–H groups in total. The van der Waals surface area contributed by atoms with E-state index in [0.717, 1.165) is 0 Å². The fourth-order valence-electron chi connectivity index (χ4n) is 2.30. The van der Waals surface area contributed by atoms with Crippen LogP contribution in [0.2, 0.25) is 5.02 Å². The summed E-state index contributed by atoms with van der Waals surface area (Å²) in [4.78, 5) is 36.1. The van der Waals surface area contributed by atoms with Gasteiger partial charge in [0, 0.05) is 5.02 Å². The molecule has 0 aliphatic heterocycles. The molecule has 0 saturated heterocycles. The first-order valence-electron chi connectivity index (χ1n) is 7.83. The largest absolute Gasteiger partial charge is 0.484 e. The van der Waals surface area contributed by atoms with E-state index in [9.17, 15) is 14.4 Å². The minimum Gasteiger partial charge on any atom is -0.484 e. The molecule has 0 fully saturated rings. The molecule has 8 heteroatoms. The number of nitrogens with one attached hydrogen (secondary N) is 1. The molecule has 0 aliphatic carbocycles. The van der Waals surface area contributed by atoms with Gasteiger partial charge in [-0.25, -0.2) is 4.79 Å². The van der Waals surface area contributed by atoms with Crippen LogP contribution in [-0.4, -0.2) is 30.9 Å². The van der Waals surface area contributed by atoms with E-state index < -0.39 is 11.9 Å². The first-order valence-corrected chi connectivity index (χ1v) is 8.21. The van der Waals surface area contributed by atoms with Crippen LogP contribution in [0, 0.1) is 6.92 Å². The van der Waals surface area contributed by atoms with E-state index in [-0.39, 0.29) is 41.8 Å². The molecule has 7 nitrogen and oxygen atoms in total. The standard InChI is InChI=1S/C18H18ClNO6/c1-4-24-18(23)16-15(10(2)21)11(3)26-17(16)20-14(22)9-25-13-7-5-12(19)6-8-13/h5-8H,4,9H2,1-3H3,(H,20,22). The Hall–Kier alpha value is -2.80. The third-order valence-corrected chi connectivity index (χ3v) is 3.60. The molecule has 0 radical (unpaired) electrons. The molecule has 0 saturated carbocycles. The van der Waals surface area contributed by atoms with E-state index in [1.807, 2.05) is 0 Å². The molecule has 2 aromatic rings. The first-order chi connectivity index (χ1) is 12.3. The lowest BCUT2D eigenvalue weighted by Gasteiger charge is -2.08. The van der Waals surface area contributed by atoms with Crippen LogP contribution >= 0.6 is 11.6 Å². The molecule has 138 valence electrons. The first kappa shape index (κ1) is 19.5. The fourth-order valence-corrected chi connectivity index (χ4v) is 2.42. The lowest BCUT2D eigenvalue weighted by atomic mass is 10.1. The number of rotatable bonds is 7. The lowest BCUT2D eigenvalue weighted by molar-refractivity contribution is -0.118. The Morgan fingerprint density at radius 3 is 2.38 bits per heavy atom. The number of carbonyl (C=O) groups excluding carboxylic acids is 3. The molecule has 0 bridgehead atoms. The van der Waals surface area contributed by atoms with Crippen LogP contribution in [0.1, 0.15) is 40.3 Å². The van der Waals surface area contributed by atoms with Crippen LogP contribution < -0.4 is 10.1 Å². The van der Waals surface area contributed by atoms with E-state index in [1.54, 1.807) is 31.2 Å². The minimum absolute atomic E-state index is 0.0809. The summed E-state index contributed by atoms with van der Waals surface area (Å²) in [6.07, 6.45) is 0. The highest BCUT2D eigenvalue weighted by Crippen LogP contribution is 2.28. The predicted molar refractivity (Wildman–Crippen MR) is 95.0 cm³/mol. The second kappa shape index (κ2) is 8.53. The summed E-state index contributed by atoms with van der Waals surface area (Å²) >= 11 is 5.78. The Bertz CT molecular complexity index is 825. The van der Waals surface area contributed by atoms with Crippen LogP contribution in [0.15, 0.2) is 28.7 Å². The molecule has 26 heavy (non-hydrogen) atoms. The summed E-state index contributed by atoms with van der Waals surface area (Å²) < 4.78 is 15.7. The van der Waals surface area contributed by atoms with Crippen molar-refractivity contribution < 1.29 is 28.3 Å². The average molecular weight is 380 g/mol. The molecule has 1 heterocycles. The monoisotopic (exact) mass is 379 g/mol. The van der Waals surface area contributed by atoms with E-state index in [4.69, 9.17) is 25.5 Å². The topological polar surface area (TPSA) is 94.8 Å². The molecule has 1 aromatic carbocycles. The Morgan fingerprint density at radius 1 is 1.15 bits per heavy atom. The number of carbonyl (C=O) groups is 3. The molecule has 0 unspecified atom stereocenters. The third-order valence-electron chi connectivity index (χ3n) is 3.35. The number of anilines is 1. The van der Waals surface area contributed by atoms with Crippen molar-refractivity contribution in [1.29, 1.82) is 0 Å². The Labute approximate surface area is 155 Å². The highest BCUT2D eigenvalue weighted by atomic mass is 35.5. The predicted octanol–water partition coefficient (Wildman–Crippen LogP) is 3.64. The maximum atomic E-state index is 12.2. The molecule has 0 spiro atoms. The Kier molecular flexibility index (Phi) is 6.41. The maximum absolute atomic E-state index is 12.2. The zero-order valence-corrected chi connectivity index (χ0v) is 15.3. The number of ether oxygens (including phenoxy) is 2. The van der Waals surface area contributed by atoms with Gasteiger partial charge in [-0.15, -0.1) is 0 Å². The van der Waals surface area contributed by atoms with Crippen LogP contribution in [0.4, 0.5) is 5.88 Å². The second-order valence-corrected chi connectivity index (χ2v) is 5.74. The normalized spacial score (nSPS) is 10.3. The van der Waals surface area contributed by atoms with Gasteiger partial charge in [-0.3, -0.25) is 14.9 Å². The van der Waals surface area contributed by atoms with E-state index >= 15 is 0 Å². The zero-order chi connectivity index (χ0) is 19.3. The van der Waals surface area contributed by atoms with Crippen molar-refractivity contribution in [3.63, 3.8) is 0 Å². The smallest absolute Gasteiger partial charge is 0.344 e. The van der Waals surface area contributed by atoms with Gasteiger partial charge in [-0.2, -0.15) is 0 Å². The van der Waals surface area contributed by atoms with Crippen molar-refractivity contribution in [2.24, 2.45) is 0 Å². The highest BCUT2D eigenvalue weighted by Gasteiger charge is 2.28. The molecule has 1 amide bonds. The number of Topliss-reactive ketones (excluding diaryl/α,β-unsaturated/α-hetero) is 1. The Balaban J connectivity index is 2.15. The summed E-state index contributed by atoms with van der Waals surface area (Å²) in [6.45, 7) is 4.26. The summed E-state index contributed by atoms with van der Waals surface area (Å²) in [5.41, 5.74) is -0.0194. The summed E-state index contributed by atoms with van der Waals surface area (Å²) in [7, 11) is 0. The van der Waals surface area contributed by atoms with Crippen molar-refractivity contribution in [2.45, 2.75) is 20.8 Å². The summed E-state index contributed by atoms with van der Waals surface area (Å²) in [5, 5.41) is 2.98. The molecular weight excluding hydrogens is 362 g/mol. The lowest BCUT2D eigenvalue weighted by Crippen LogP contribution is -2.21. The second-order valence-electron chi connectivity index (χ2n) is 5.30. The number of hydrogen-bond acceptors (Lipinski definition) is 6. The minimum atomic E-state index is -0.747. The van der Waals surface area contributed by atoms with Crippen LogP contribution in [0.3, 0.4) is 0 Å². The number of amides is 1. The van der Waals surface area contributed by atoms with Gasteiger partial charge in [0.05, 0.1) is 12.2 Å².